The first-order valence-corrected chi connectivity index (χ1v) is 10.7. The Balaban J connectivity index is 1.83. The van der Waals surface area contributed by atoms with Gasteiger partial charge in [-0.1, -0.05) is 60.1 Å². The van der Waals surface area contributed by atoms with Gasteiger partial charge in [-0.25, -0.2) is 4.98 Å². The zero-order valence-electron chi connectivity index (χ0n) is 16.5. The van der Waals surface area contributed by atoms with Gasteiger partial charge in [-0.05, 0) is 17.7 Å². The number of halogens is 1. The second kappa shape index (κ2) is 10.2. The minimum atomic E-state index is -0.465. The van der Waals surface area contributed by atoms with Crippen LogP contribution in [-0.2, 0) is 9.59 Å². The molecule has 1 atom stereocenters. The second-order valence-electron chi connectivity index (χ2n) is 6.68. The molecule has 0 saturated carbocycles. The van der Waals surface area contributed by atoms with E-state index in [1.165, 1.54) is 18.3 Å². The van der Waals surface area contributed by atoms with Gasteiger partial charge in [0.25, 0.3) is 0 Å². The Labute approximate surface area is 185 Å². The largest absolute Gasteiger partial charge is 0.349 e. The van der Waals surface area contributed by atoms with E-state index >= 15 is 0 Å². The van der Waals surface area contributed by atoms with Crippen molar-refractivity contribution < 1.29 is 9.59 Å². The standard InChI is InChI=1S/C23H22ClN3O2S/c1-3-13-27(23-26-21(15-30-23)17-7-5-4-6-8-17)22(29)14-20(25-16(2)28)18-9-11-19(24)12-10-18/h3-12,15,20H,1,13-14H2,2H3,(H,25,28). The van der Waals surface area contributed by atoms with Crippen LogP contribution >= 0.6 is 22.9 Å². The number of aromatic nitrogens is 1. The summed E-state index contributed by atoms with van der Waals surface area (Å²) >= 11 is 7.37. The Morgan fingerprint density at radius 3 is 2.53 bits per heavy atom. The molecule has 2 aromatic carbocycles. The lowest BCUT2D eigenvalue weighted by molar-refractivity contribution is -0.121. The maximum Gasteiger partial charge on any atom is 0.231 e. The van der Waals surface area contributed by atoms with E-state index in [9.17, 15) is 9.59 Å². The molecule has 3 rings (SSSR count). The van der Waals surface area contributed by atoms with Gasteiger partial charge in [0.05, 0.1) is 18.2 Å². The summed E-state index contributed by atoms with van der Waals surface area (Å²) in [7, 11) is 0. The molecule has 0 bridgehead atoms. The lowest BCUT2D eigenvalue weighted by Crippen LogP contribution is -2.36. The van der Waals surface area contributed by atoms with Crippen molar-refractivity contribution >= 4 is 39.9 Å². The Kier molecular flexibility index (Phi) is 7.38. The van der Waals surface area contributed by atoms with Crippen LogP contribution in [0.15, 0.2) is 72.6 Å². The first-order valence-electron chi connectivity index (χ1n) is 9.42. The van der Waals surface area contributed by atoms with E-state index in [1.807, 2.05) is 47.8 Å². The fourth-order valence-corrected chi connectivity index (χ4v) is 4.01. The number of hydrogen-bond acceptors (Lipinski definition) is 4. The molecule has 1 aromatic heterocycles. The van der Waals surface area contributed by atoms with Crippen LogP contribution < -0.4 is 10.2 Å². The lowest BCUT2D eigenvalue weighted by atomic mass is 10.0. The smallest absolute Gasteiger partial charge is 0.231 e. The number of amides is 2. The molecule has 1 N–H and O–H groups in total. The third kappa shape index (κ3) is 5.55. The van der Waals surface area contributed by atoms with Crippen LogP contribution in [0.1, 0.15) is 24.9 Å². The number of carbonyl (C=O) groups is 2. The molecule has 7 heteroatoms. The van der Waals surface area contributed by atoms with Crippen LogP contribution in [0.3, 0.4) is 0 Å². The minimum Gasteiger partial charge on any atom is -0.349 e. The molecule has 154 valence electrons. The zero-order valence-corrected chi connectivity index (χ0v) is 18.1. The lowest BCUT2D eigenvalue weighted by Gasteiger charge is -2.23. The van der Waals surface area contributed by atoms with Crippen molar-refractivity contribution in [3.05, 3.63) is 83.2 Å². The number of nitrogens with one attached hydrogen (secondary N) is 1. The van der Waals surface area contributed by atoms with Gasteiger partial charge >= 0.3 is 0 Å². The number of benzene rings is 2. The highest BCUT2D eigenvalue weighted by Gasteiger charge is 2.24. The molecule has 1 unspecified atom stereocenters. The summed E-state index contributed by atoms with van der Waals surface area (Å²) in [4.78, 5) is 31.1. The summed E-state index contributed by atoms with van der Waals surface area (Å²) in [6.07, 6.45) is 1.76. The Hall–Kier alpha value is -2.96. The van der Waals surface area contributed by atoms with Gasteiger partial charge in [-0.3, -0.25) is 14.5 Å². The second-order valence-corrected chi connectivity index (χ2v) is 7.96. The van der Waals surface area contributed by atoms with Crippen molar-refractivity contribution in [2.45, 2.75) is 19.4 Å². The van der Waals surface area contributed by atoms with Crippen LogP contribution in [0.25, 0.3) is 11.3 Å². The Morgan fingerprint density at radius 1 is 1.20 bits per heavy atom. The summed E-state index contributed by atoms with van der Waals surface area (Å²) in [6.45, 7) is 5.53. The highest BCUT2D eigenvalue weighted by atomic mass is 35.5. The summed E-state index contributed by atoms with van der Waals surface area (Å²) in [5.41, 5.74) is 2.61. The number of hydrogen-bond donors (Lipinski definition) is 1. The van der Waals surface area contributed by atoms with Crippen molar-refractivity contribution in [3.8, 4) is 11.3 Å². The normalized spacial score (nSPS) is 11.5. The number of thiazole rings is 1. The van der Waals surface area contributed by atoms with Gasteiger partial charge < -0.3 is 5.32 Å². The number of anilines is 1. The van der Waals surface area contributed by atoms with E-state index in [0.29, 0.717) is 16.7 Å². The van der Waals surface area contributed by atoms with Crippen LogP contribution in [0, 0.1) is 0 Å². The van der Waals surface area contributed by atoms with Crippen molar-refractivity contribution in [1.29, 1.82) is 0 Å². The predicted octanol–water partition coefficient (Wildman–Crippen LogP) is 5.25. The van der Waals surface area contributed by atoms with Gasteiger partial charge in [0.1, 0.15) is 0 Å². The van der Waals surface area contributed by atoms with Crippen molar-refractivity contribution in [3.63, 3.8) is 0 Å². The van der Waals surface area contributed by atoms with Crippen molar-refractivity contribution in [2.24, 2.45) is 0 Å². The molecule has 1 heterocycles. The molecule has 0 radical (unpaired) electrons. The molecule has 0 saturated heterocycles. The molecule has 5 nitrogen and oxygen atoms in total. The molecule has 30 heavy (non-hydrogen) atoms. The van der Waals surface area contributed by atoms with E-state index in [4.69, 9.17) is 11.6 Å². The number of carbonyl (C=O) groups excluding carboxylic acids is 2. The van der Waals surface area contributed by atoms with Crippen LogP contribution in [0.5, 0.6) is 0 Å². The van der Waals surface area contributed by atoms with Gasteiger partial charge in [-0.15, -0.1) is 17.9 Å². The average Bonchev–Trinajstić information content (AvgIpc) is 3.22. The fourth-order valence-electron chi connectivity index (χ4n) is 3.02. The SMILES string of the molecule is C=CCN(C(=O)CC(NC(C)=O)c1ccc(Cl)cc1)c1nc(-c2ccccc2)cs1. The molecule has 2 amide bonds. The molecule has 0 aliphatic heterocycles. The van der Waals surface area contributed by atoms with E-state index in [0.717, 1.165) is 16.8 Å². The highest BCUT2D eigenvalue weighted by molar-refractivity contribution is 7.14. The van der Waals surface area contributed by atoms with Gasteiger partial charge in [0.2, 0.25) is 11.8 Å². The zero-order chi connectivity index (χ0) is 21.5. The van der Waals surface area contributed by atoms with Crippen molar-refractivity contribution in [1.82, 2.24) is 10.3 Å². The number of nitrogens with zero attached hydrogens (tertiary/aromatic N) is 2. The molecule has 0 aliphatic carbocycles. The van der Waals surface area contributed by atoms with E-state index in [1.54, 1.807) is 23.1 Å². The minimum absolute atomic E-state index is 0.0926. The topological polar surface area (TPSA) is 62.3 Å². The van der Waals surface area contributed by atoms with Crippen LogP contribution in [0.4, 0.5) is 5.13 Å². The van der Waals surface area contributed by atoms with E-state index in [-0.39, 0.29) is 18.2 Å². The van der Waals surface area contributed by atoms with Crippen molar-refractivity contribution in [2.75, 3.05) is 11.4 Å². The van der Waals surface area contributed by atoms with Gasteiger partial charge in [0, 0.05) is 29.4 Å². The van der Waals surface area contributed by atoms with Gasteiger partial charge in [0.15, 0.2) is 5.13 Å². The summed E-state index contributed by atoms with van der Waals surface area (Å²) in [5, 5.41) is 5.97. The fraction of sp³-hybridized carbons (Fsp3) is 0.174. The average molecular weight is 440 g/mol. The summed E-state index contributed by atoms with van der Waals surface area (Å²) in [5.74, 6) is -0.365. The predicted molar refractivity (Wildman–Crippen MR) is 123 cm³/mol. The molecule has 3 aromatic rings. The maximum atomic E-state index is 13.2. The molecule has 0 aliphatic rings. The number of rotatable bonds is 8. The van der Waals surface area contributed by atoms with Crippen LogP contribution in [0.2, 0.25) is 5.02 Å². The third-order valence-corrected chi connectivity index (χ3v) is 5.55. The third-order valence-electron chi connectivity index (χ3n) is 4.43. The Bertz CT molecular complexity index is 1020. The summed E-state index contributed by atoms with van der Waals surface area (Å²) < 4.78 is 0. The summed E-state index contributed by atoms with van der Waals surface area (Å²) in [6, 6.07) is 16.4. The maximum absolute atomic E-state index is 13.2. The van der Waals surface area contributed by atoms with E-state index < -0.39 is 6.04 Å². The highest BCUT2D eigenvalue weighted by Crippen LogP contribution is 2.29. The monoisotopic (exact) mass is 439 g/mol. The van der Waals surface area contributed by atoms with E-state index in [2.05, 4.69) is 16.9 Å². The molecule has 0 spiro atoms. The van der Waals surface area contributed by atoms with Crippen LogP contribution in [-0.4, -0.2) is 23.3 Å². The Morgan fingerprint density at radius 2 is 1.90 bits per heavy atom. The molecule has 0 fully saturated rings. The first-order chi connectivity index (χ1) is 14.5. The van der Waals surface area contributed by atoms with Gasteiger partial charge in [-0.2, -0.15) is 0 Å². The molecular weight excluding hydrogens is 418 g/mol. The molecular formula is C23H22ClN3O2S. The first kappa shape index (κ1) is 21.7. The quantitative estimate of drug-likeness (QED) is 0.487.